The highest BCUT2D eigenvalue weighted by Crippen LogP contribution is 2.28. The van der Waals surface area contributed by atoms with Crippen LogP contribution in [-0.4, -0.2) is 36.5 Å². The summed E-state index contributed by atoms with van der Waals surface area (Å²) in [7, 11) is 0. The number of thioether (sulfide) groups is 1. The minimum absolute atomic E-state index is 0.0385. The van der Waals surface area contributed by atoms with Crippen molar-refractivity contribution in [1.82, 2.24) is 4.90 Å². The first kappa shape index (κ1) is 12.9. The largest absolute Gasteiger partial charge is 0.303 e. The molecule has 1 nitrogen and oxygen atoms in total. The maximum absolute atomic E-state index is 13.7. The van der Waals surface area contributed by atoms with E-state index in [4.69, 9.17) is 0 Å². The molecular weight excluding hydrogens is 233 g/mol. The van der Waals surface area contributed by atoms with Gasteiger partial charge in [-0.25, -0.2) is 4.39 Å². The second kappa shape index (κ2) is 6.41. The van der Waals surface area contributed by atoms with Gasteiger partial charge >= 0.3 is 0 Å². The summed E-state index contributed by atoms with van der Waals surface area (Å²) in [6, 6.07) is 7.22. The van der Waals surface area contributed by atoms with Crippen molar-refractivity contribution >= 4 is 11.8 Å². The first-order valence-corrected chi connectivity index (χ1v) is 7.66. The lowest BCUT2D eigenvalue weighted by molar-refractivity contribution is 0.335. The highest BCUT2D eigenvalue weighted by Gasteiger charge is 2.25. The Morgan fingerprint density at radius 2 is 2.24 bits per heavy atom. The van der Waals surface area contributed by atoms with Gasteiger partial charge in [-0.1, -0.05) is 18.2 Å². The van der Waals surface area contributed by atoms with E-state index in [1.54, 1.807) is 12.1 Å². The summed E-state index contributed by atoms with van der Waals surface area (Å²) < 4.78 is 13.7. The second-order valence-corrected chi connectivity index (χ2v) is 5.64. The van der Waals surface area contributed by atoms with Crippen LogP contribution in [0.3, 0.4) is 0 Å². The molecule has 0 aliphatic carbocycles. The minimum atomic E-state index is -0.0385. The summed E-state index contributed by atoms with van der Waals surface area (Å²) in [5, 5.41) is 0. The normalized spacial score (nSPS) is 20.9. The molecule has 1 aliphatic heterocycles. The van der Waals surface area contributed by atoms with Crippen LogP contribution in [-0.2, 0) is 0 Å². The van der Waals surface area contributed by atoms with Crippen molar-refractivity contribution in [3.8, 4) is 0 Å². The van der Waals surface area contributed by atoms with Gasteiger partial charge in [0.2, 0.25) is 0 Å². The molecular formula is C14H20FNS. The summed E-state index contributed by atoms with van der Waals surface area (Å²) >= 11 is 1.90. The SMILES string of the molecule is CSCCCN1CC[C@H](c2ccccc2F)C1. The van der Waals surface area contributed by atoms with E-state index in [0.717, 1.165) is 31.6 Å². The fraction of sp³-hybridized carbons (Fsp3) is 0.571. The van der Waals surface area contributed by atoms with Crippen molar-refractivity contribution in [3.63, 3.8) is 0 Å². The first-order chi connectivity index (χ1) is 8.31. The zero-order valence-electron chi connectivity index (χ0n) is 10.4. The number of halogens is 1. The third kappa shape index (κ3) is 3.46. The van der Waals surface area contributed by atoms with Gasteiger partial charge in [0, 0.05) is 12.5 Å². The molecule has 0 aromatic heterocycles. The van der Waals surface area contributed by atoms with Gasteiger partial charge in [-0.3, -0.25) is 0 Å². The third-order valence-corrected chi connectivity index (χ3v) is 4.14. The maximum atomic E-state index is 13.7. The molecule has 94 valence electrons. The molecule has 1 aromatic rings. The zero-order valence-corrected chi connectivity index (χ0v) is 11.2. The van der Waals surface area contributed by atoms with Crippen molar-refractivity contribution in [3.05, 3.63) is 35.6 Å². The fourth-order valence-corrected chi connectivity index (χ4v) is 2.95. The maximum Gasteiger partial charge on any atom is 0.126 e. The highest BCUT2D eigenvalue weighted by atomic mass is 32.2. The van der Waals surface area contributed by atoms with Crippen LogP contribution in [0.2, 0.25) is 0 Å². The Labute approximate surface area is 107 Å². The molecule has 0 amide bonds. The molecule has 0 bridgehead atoms. The molecule has 2 rings (SSSR count). The van der Waals surface area contributed by atoms with Crippen LogP contribution in [0.5, 0.6) is 0 Å². The molecule has 17 heavy (non-hydrogen) atoms. The number of likely N-dealkylation sites (tertiary alicyclic amines) is 1. The summed E-state index contributed by atoms with van der Waals surface area (Å²) in [6.45, 7) is 3.30. The predicted octanol–water partition coefficient (Wildman–Crippen LogP) is 3.37. The third-order valence-electron chi connectivity index (χ3n) is 3.44. The monoisotopic (exact) mass is 253 g/mol. The molecule has 1 aromatic carbocycles. The standard InChI is InChI=1S/C14H20FNS/c1-17-10-4-8-16-9-7-12(11-16)13-5-2-3-6-14(13)15/h2-3,5-6,12H,4,7-11H2,1H3/t12-/m0/s1. The van der Waals surface area contributed by atoms with Crippen LogP contribution in [0.4, 0.5) is 4.39 Å². The lowest BCUT2D eigenvalue weighted by atomic mass is 9.98. The summed E-state index contributed by atoms with van der Waals surface area (Å²) in [5.41, 5.74) is 0.903. The van der Waals surface area contributed by atoms with E-state index in [1.807, 2.05) is 23.9 Å². The number of nitrogens with zero attached hydrogens (tertiary/aromatic N) is 1. The van der Waals surface area contributed by atoms with Gasteiger partial charge in [-0.2, -0.15) is 11.8 Å². The number of hydrogen-bond donors (Lipinski definition) is 0. The van der Waals surface area contributed by atoms with Gasteiger partial charge in [0.05, 0.1) is 0 Å². The molecule has 3 heteroatoms. The van der Waals surface area contributed by atoms with Gasteiger partial charge in [-0.15, -0.1) is 0 Å². The average Bonchev–Trinajstić information content (AvgIpc) is 2.79. The van der Waals surface area contributed by atoms with E-state index in [0.29, 0.717) is 5.92 Å². The van der Waals surface area contributed by atoms with Crippen LogP contribution in [0.25, 0.3) is 0 Å². The quantitative estimate of drug-likeness (QED) is 0.740. The second-order valence-electron chi connectivity index (χ2n) is 4.65. The highest BCUT2D eigenvalue weighted by molar-refractivity contribution is 7.98. The number of rotatable bonds is 5. The van der Waals surface area contributed by atoms with Gasteiger partial charge in [0.15, 0.2) is 0 Å². The van der Waals surface area contributed by atoms with Gasteiger partial charge in [-0.05, 0) is 49.6 Å². The predicted molar refractivity (Wildman–Crippen MR) is 73.2 cm³/mol. The Balaban J connectivity index is 1.87. The average molecular weight is 253 g/mol. The Hall–Kier alpha value is -0.540. The Bertz CT molecular complexity index is 356. The molecule has 0 radical (unpaired) electrons. The van der Waals surface area contributed by atoms with Crippen LogP contribution in [0.15, 0.2) is 24.3 Å². The molecule has 0 spiro atoms. The van der Waals surface area contributed by atoms with E-state index in [2.05, 4.69) is 11.2 Å². The van der Waals surface area contributed by atoms with Crippen molar-refractivity contribution in [2.75, 3.05) is 31.6 Å². The van der Waals surface area contributed by atoms with Gasteiger partial charge in [0.25, 0.3) is 0 Å². The fourth-order valence-electron chi connectivity index (χ4n) is 2.53. The van der Waals surface area contributed by atoms with E-state index in [9.17, 15) is 4.39 Å². The van der Waals surface area contributed by atoms with Crippen molar-refractivity contribution < 1.29 is 4.39 Å². The Morgan fingerprint density at radius 1 is 1.41 bits per heavy atom. The molecule has 0 unspecified atom stereocenters. The van der Waals surface area contributed by atoms with Crippen molar-refractivity contribution in [2.45, 2.75) is 18.8 Å². The smallest absolute Gasteiger partial charge is 0.126 e. The Kier molecular flexibility index (Phi) is 4.86. The molecule has 1 heterocycles. The molecule has 1 aliphatic rings. The van der Waals surface area contributed by atoms with E-state index in [1.165, 1.54) is 12.2 Å². The van der Waals surface area contributed by atoms with Gasteiger partial charge < -0.3 is 4.90 Å². The number of benzene rings is 1. The summed E-state index contributed by atoms with van der Waals surface area (Å²) in [5.74, 6) is 1.58. The van der Waals surface area contributed by atoms with Crippen molar-refractivity contribution in [2.24, 2.45) is 0 Å². The number of hydrogen-bond acceptors (Lipinski definition) is 2. The first-order valence-electron chi connectivity index (χ1n) is 6.27. The summed E-state index contributed by atoms with van der Waals surface area (Å²) in [4.78, 5) is 2.47. The molecule has 0 saturated carbocycles. The van der Waals surface area contributed by atoms with E-state index < -0.39 is 0 Å². The van der Waals surface area contributed by atoms with Gasteiger partial charge in [0.1, 0.15) is 5.82 Å². The molecule has 1 saturated heterocycles. The molecule has 1 atom stereocenters. The lowest BCUT2D eigenvalue weighted by Crippen LogP contribution is -2.22. The molecule has 0 N–H and O–H groups in total. The van der Waals surface area contributed by atoms with E-state index >= 15 is 0 Å². The van der Waals surface area contributed by atoms with Crippen LogP contribution < -0.4 is 0 Å². The Morgan fingerprint density at radius 3 is 3.00 bits per heavy atom. The van der Waals surface area contributed by atoms with Crippen LogP contribution >= 0.6 is 11.8 Å². The van der Waals surface area contributed by atoms with Crippen LogP contribution in [0.1, 0.15) is 24.3 Å². The topological polar surface area (TPSA) is 3.24 Å². The van der Waals surface area contributed by atoms with Crippen LogP contribution in [0, 0.1) is 5.82 Å². The lowest BCUT2D eigenvalue weighted by Gasteiger charge is -2.16. The minimum Gasteiger partial charge on any atom is -0.303 e. The van der Waals surface area contributed by atoms with E-state index in [-0.39, 0.29) is 5.82 Å². The van der Waals surface area contributed by atoms with Crippen molar-refractivity contribution in [1.29, 1.82) is 0 Å². The molecule has 1 fully saturated rings. The summed E-state index contributed by atoms with van der Waals surface area (Å²) in [6.07, 6.45) is 4.48. The zero-order chi connectivity index (χ0) is 12.1.